The number of hydrogen-bond acceptors (Lipinski definition) is 3. The molecule has 0 radical (unpaired) electrons. The zero-order chi connectivity index (χ0) is 12.7. The van der Waals surface area contributed by atoms with Crippen molar-refractivity contribution in [2.45, 2.75) is 13.3 Å². The first-order valence-electron chi connectivity index (χ1n) is 5.50. The summed E-state index contributed by atoms with van der Waals surface area (Å²) < 4.78 is 0. The molecule has 0 saturated heterocycles. The first-order valence-corrected chi connectivity index (χ1v) is 5.50. The molecule has 1 N–H and O–H groups in total. The minimum absolute atomic E-state index is 0.0893. The number of aliphatic hydroxyl groups is 1. The summed E-state index contributed by atoms with van der Waals surface area (Å²) in [5.74, 6) is 5.16. The van der Waals surface area contributed by atoms with Gasteiger partial charge in [0.1, 0.15) is 12.3 Å². The lowest BCUT2D eigenvalue weighted by Crippen LogP contribution is -2.28. The van der Waals surface area contributed by atoms with Gasteiger partial charge in [-0.3, -0.25) is 4.79 Å². The summed E-state index contributed by atoms with van der Waals surface area (Å²) in [6, 6.07) is 3.37. The van der Waals surface area contributed by atoms with Crippen molar-refractivity contribution < 1.29 is 9.90 Å². The van der Waals surface area contributed by atoms with E-state index in [0.29, 0.717) is 17.8 Å². The van der Waals surface area contributed by atoms with Crippen molar-refractivity contribution in [3.8, 4) is 11.8 Å². The lowest BCUT2D eigenvalue weighted by Gasteiger charge is -2.15. The number of rotatable bonds is 3. The molecule has 0 aliphatic rings. The topological polar surface area (TPSA) is 53.4 Å². The Balaban J connectivity index is 2.77. The van der Waals surface area contributed by atoms with Crippen LogP contribution in [0.5, 0.6) is 0 Å². The van der Waals surface area contributed by atoms with Crippen molar-refractivity contribution in [1.29, 1.82) is 0 Å². The average Bonchev–Trinajstić information content (AvgIpc) is 2.36. The fourth-order valence-electron chi connectivity index (χ4n) is 1.37. The zero-order valence-corrected chi connectivity index (χ0v) is 10.1. The number of hydrogen-bond donors (Lipinski definition) is 1. The highest BCUT2D eigenvalue weighted by Gasteiger charge is 2.11. The monoisotopic (exact) mass is 232 g/mol. The molecule has 0 saturated carbocycles. The quantitative estimate of drug-likeness (QED) is 0.788. The molecule has 17 heavy (non-hydrogen) atoms. The molecule has 90 valence electrons. The number of pyridine rings is 1. The summed E-state index contributed by atoms with van der Waals surface area (Å²) in [4.78, 5) is 17.5. The highest BCUT2D eigenvalue weighted by atomic mass is 16.2. The zero-order valence-electron chi connectivity index (χ0n) is 10.1. The molecular formula is C13H16N2O2. The Hall–Kier alpha value is -1.86. The molecule has 0 aliphatic heterocycles. The first-order chi connectivity index (χ1) is 8.19. The van der Waals surface area contributed by atoms with Gasteiger partial charge in [-0.1, -0.05) is 18.8 Å². The molecule has 0 unspecified atom stereocenters. The third-order valence-electron chi connectivity index (χ3n) is 2.20. The van der Waals surface area contributed by atoms with Crippen LogP contribution in [0.2, 0.25) is 0 Å². The summed E-state index contributed by atoms with van der Waals surface area (Å²) in [6.45, 7) is 2.55. The molecule has 1 aromatic heterocycles. The Morgan fingerprint density at radius 3 is 2.82 bits per heavy atom. The molecule has 1 heterocycles. The van der Waals surface area contributed by atoms with Crippen molar-refractivity contribution >= 4 is 5.91 Å². The number of aliphatic hydroxyl groups excluding tert-OH is 1. The minimum Gasteiger partial charge on any atom is -0.384 e. The molecule has 0 fully saturated rings. The van der Waals surface area contributed by atoms with Gasteiger partial charge in [-0.25, -0.2) is 4.98 Å². The van der Waals surface area contributed by atoms with E-state index in [0.717, 1.165) is 6.42 Å². The molecule has 4 heteroatoms. The smallest absolute Gasteiger partial charge is 0.272 e. The van der Waals surface area contributed by atoms with Crippen molar-refractivity contribution in [3.05, 3.63) is 29.6 Å². The molecule has 0 bridgehead atoms. The van der Waals surface area contributed by atoms with Crippen LogP contribution in [0.25, 0.3) is 0 Å². The van der Waals surface area contributed by atoms with Gasteiger partial charge in [0.15, 0.2) is 0 Å². The van der Waals surface area contributed by atoms with Crippen molar-refractivity contribution in [1.82, 2.24) is 9.88 Å². The fraction of sp³-hybridized carbons (Fsp3) is 0.385. The van der Waals surface area contributed by atoms with Gasteiger partial charge in [-0.05, 0) is 18.6 Å². The van der Waals surface area contributed by atoms with E-state index in [-0.39, 0.29) is 12.5 Å². The van der Waals surface area contributed by atoms with Crippen LogP contribution in [0.4, 0.5) is 0 Å². The summed E-state index contributed by atoms with van der Waals surface area (Å²) in [5.41, 5.74) is 1.10. The molecule has 1 amide bonds. The number of amides is 1. The Labute approximate surface area is 101 Å². The van der Waals surface area contributed by atoms with Gasteiger partial charge < -0.3 is 10.0 Å². The number of carbonyl (C=O) groups is 1. The maximum atomic E-state index is 11.8. The molecule has 0 aliphatic carbocycles. The number of aromatic nitrogens is 1. The average molecular weight is 232 g/mol. The van der Waals surface area contributed by atoms with Crippen molar-refractivity contribution in [2.75, 3.05) is 20.2 Å². The Morgan fingerprint density at radius 2 is 2.29 bits per heavy atom. The van der Waals surface area contributed by atoms with Gasteiger partial charge in [0.2, 0.25) is 0 Å². The first kappa shape index (κ1) is 13.2. The molecule has 4 nitrogen and oxygen atoms in total. The second kappa shape index (κ2) is 6.66. The van der Waals surface area contributed by atoms with E-state index in [4.69, 9.17) is 5.11 Å². The molecular weight excluding hydrogens is 216 g/mol. The largest absolute Gasteiger partial charge is 0.384 e. The van der Waals surface area contributed by atoms with Gasteiger partial charge in [0, 0.05) is 25.4 Å². The standard InChI is InChI=1S/C13H16N2O2/c1-3-8-15(2)13(17)12-7-6-11(10-14-12)5-4-9-16/h6-7,10,16H,3,8-9H2,1-2H3. The van der Waals surface area contributed by atoms with Crippen LogP contribution in [0.1, 0.15) is 29.4 Å². The Morgan fingerprint density at radius 1 is 1.53 bits per heavy atom. The van der Waals surface area contributed by atoms with Gasteiger partial charge in [0.05, 0.1) is 0 Å². The summed E-state index contributed by atoms with van der Waals surface area (Å²) in [6.07, 6.45) is 2.46. The molecule has 1 aromatic rings. The minimum atomic E-state index is -0.181. The van der Waals surface area contributed by atoms with Crippen LogP contribution in [0.3, 0.4) is 0 Å². The van der Waals surface area contributed by atoms with Crippen molar-refractivity contribution in [3.63, 3.8) is 0 Å². The second-order valence-corrected chi connectivity index (χ2v) is 3.62. The van der Waals surface area contributed by atoms with E-state index in [1.54, 1.807) is 24.1 Å². The number of nitrogens with zero attached hydrogens (tertiary/aromatic N) is 2. The van der Waals surface area contributed by atoms with Crippen molar-refractivity contribution in [2.24, 2.45) is 0 Å². The SMILES string of the molecule is CCCN(C)C(=O)c1ccc(C#CCO)cn1. The highest BCUT2D eigenvalue weighted by molar-refractivity contribution is 5.92. The van der Waals surface area contributed by atoms with Crippen LogP contribution in [-0.4, -0.2) is 41.1 Å². The molecule has 1 rings (SSSR count). The maximum Gasteiger partial charge on any atom is 0.272 e. The lowest BCUT2D eigenvalue weighted by atomic mass is 10.2. The van der Waals surface area contributed by atoms with Gasteiger partial charge >= 0.3 is 0 Å². The predicted octanol–water partition coefficient (Wildman–Crippen LogP) is 0.907. The summed E-state index contributed by atoms with van der Waals surface area (Å²) >= 11 is 0. The van der Waals surface area contributed by atoms with Crippen LogP contribution >= 0.6 is 0 Å². The van der Waals surface area contributed by atoms with E-state index in [1.165, 1.54) is 6.20 Å². The van der Waals surface area contributed by atoms with Crippen LogP contribution in [0, 0.1) is 11.8 Å². The Kier molecular flexibility index (Phi) is 5.18. The van der Waals surface area contributed by atoms with E-state index < -0.39 is 0 Å². The third-order valence-corrected chi connectivity index (χ3v) is 2.20. The predicted molar refractivity (Wildman–Crippen MR) is 65.5 cm³/mol. The number of carbonyl (C=O) groups excluding carboxylic acids is 1. The van der Waals surface area contributed by atoms with Gasteiger partial charge in [-0.2, -0.15) is 0 Å². The molecule has 0 spiro atoms. The van der Waals surface area contributed by atoms with E-state index in [9.17, 15) is 4.79 Å². The second-order valence-electron chi connectivity index (χ2n) is 3.62. The lowest BCUT2D eigenvalue weighted by molar-refractivity contribution is 0.0789. The normalized spacial score (nSPS) is 9.35. The third kappa shape index (κ3) is 3.89. The van der Waals surface area contributed by atoms with Crippen LogP contribution < -0.4 is 0 Å². The summed E-state index contributed by atoms with van der Waals surface area (Å²) in [7, 11) is 1.76. The highest BCUT2D eigenvalue weighted by Crippen LogP contribution is 2.02. The maximum absolute atomic E-state index is 11.8. The van der Waals surface area contributed by atoms with Gasteiger partial charge in [-0.15, -0.1) is 0 Å². The van der Waals surface area contributed by atoms with Gasteiger partial charge in [0.25, 0.3) is 5.91 Å². The fourth-order valence-corrected chi connectivity index (χ4v) is 1.37. The molecule has 0 aromatic carbocycles. The van der Waals surface area contributed by atoms with E-state index >= 15 is 0 Å². The molecule has 0 atom stereocenters. The van der Waals surface area contributed by atoms with Crippen LogP contribution in [0.15, 0.2) is 18.3 Å². The summed E-state index contributed by atoms with van der Waals surface area (Å²) in [5, 5.41) is 8.55. The van der Waals surface area contributed by atoms with E-state index in [1.807, 2.05) is 6.92 Å². The van der Waals surface area contributed by atoms with Crippen LogP contribution in [-0.2, 0) is 0 Å². The Bertz CT molecular complexity index is 429. The van der Waals surface area contributed by atoms with E-state index in [2.05, 4.69) is 16.8 Å².